The number of ether oxygens (including phenoxy) is 2. The van der Waals surface area contributed by atoms with Crippen LogP contribution in [-0.2, 0) is 14.3 Å². The Labute approximate surface area is 152 Å². The van der Waals surface area contributed by atoms with Gasteiger partial charge in [0.1, 0.15) is 10.1 Å². The lowest BCUT2D eigenvalue weighted by atomic mass is 10.2. The van der Waals surface area contributed by atoms with Gasteiger partial charge in [-0.2, -0.15) is 0 Å². The van der Waals surface area contributed by atoms with E-state index < -0.39 is 5.97 Å². The number of hydrogen-bond acceptors (Lipinski definition) is 6. The smallest absolute Gasteiger partial charge is 0.344 e. The SMILES string of the molecule is CCOC(=O)COc1ccc(Br)cc1/C=C1\SC(=S)N(C)C1=O. The Morgan fingerprint density at radius 1 is 1.48 bits per heavy atom. The minimum atomic E-state index is -0.443. The lowest BCUT2D eigenvalue weighted by Crippen LogP contribution is -2.22. The third kappa shape index (κ3) is 4.55. The molecular weight excluding hydrogens is 402 g/mol. The van der Waals surface area contributed by atoms with E-state index in [-0.39, 0.29) is 12.5 Å². The molecule has 122 valence electrons. The quantitative estimate of drug-likeness (QED) is 0.418. The summed E-state index contributed by atoms with van der Waals surface area (Å²) in [7, 11) is 1.64. The topological polar surface area (TPSA) is 55.8 Å². The fourth-order valence-corrected chi connectivity index (χ4v) is 3.34. The highest BCUT2D eigenvalue weighted by atomic mass is 79.9. The molecule has 0 radical (unpaired) electrons. The van der Waals surface area contributed by atoms with Crippen molar-refractivity contribution in [1.29, 1.82) is 0 Å². The Morgan fingerprint density at radius 3 is 2.83 bits per heavy atom. The number of carbonyl (C=O) groups is 2. The number of carbonyl (C=O) groups excluding carboxylic acids is 2. The molecule has 0 atom stereocenters. The van der Waals surface area contributed by atoms with Gasteiger partial charge in [0.25, 0.3) is 5.91 Å². The zero-order valence-electron chi connectivity index (χ0n) is 12.5. The van der Waals surface area contributed by atoms with Crippen LogP contribution in [0.1, 0.15) is 12.5 Å². The van der Waals surface area contributed by atoms with E-state index in [1.54, 1.807) is 32.2 Å². The molecule has 23 heavy (non-hydrogen) atoms. The van der Waals surface area contributed by atoms with Crippen molar-refractivity contribution < 1.29 is 19.1 Å². The van der Waals surface area contributed by atoms with E-state index in [0.717, 1.165) is 4.47 Å². The molecule has 0 unspecified atom stereocenters. The molecule has 0 saturated carbocycles. The Kier molecular flexibility index (Phi) is 6.20. The van der Waals surface area contributed by atoms with Crippen LogP contribution in [0.25, 0.3) is 6.08 Å². The summed E-state index contributed by atoms with van der Waals surface area (Å²) in [6.07, 6.45) is 1.70. The van der Waals surface area contributed by atoms with Gasteiger partial charge in [-0.15, -0.1) is 0 Å². The van der Waals surface area contributed by atoms with Gasteiger partial charge < -0.3 is 9.47 Å². The van der Waals surface area contributed by atoms with Crippen LogP contribution in [-0.4, -0.2) is 41.4 Å². The van der Waals surface area contributed by atoms with Crippen LogP contribution in [0.5, 0.6) is 5.75 Å². The van der Waals surface area contributed by atoms with Gasteiger partial charge in [0.2, 0.25) is 0 Å². The average Bonchev–Trinajstić information content (AvgIpc) is 2.74. The number of likely N-dealkylation sites (N-methyl/N-ethyl adjacent to an activating group) is 1. The number of thioether (sulfide) groups is 1. The first-order valence-electron chi connectivity index (χ1n) is 6.72. The highest BCUT2D eigenvalue weighted by molar-refractivity contribution is 9.10. The maximum Gasteiger partial charge on any atom is 0.344 e. The fraction of sp³-hybridized carbons (Fsp3) is 0.267. The zero-order valence-corrected chi connectivity index (χ0v) is 15.7. The van der Waals surface area contributed by atoms with Crippen LogP contribution in [0.4, 0.5) is 0 Å². The molecule has 0 spiro atoms. The molecule has 1 amide bonds. The van der Waals surface area contributed by atoms with E-state index in [1.807, 2.05) is 6.07 Å². The molecule has 0 aliphatic carbocycles. The van der Waals surface area contributed by atoms with Crippen LogP contribution >= 0.6 is 39.9 Å². The molecule has 1 aliphatic rings. The number of benzene rings is 1. The van der Waals surface area contributed by atoms with Gasteiger partial charge >= 0.3 is 5.97 Å². The van der Waals surface area contributed by atoms with Crippen molar-refractivity contribution in [2.45, 2.75) is 6.92 Å². The van der Waals surface area contributed by atoms with Crippen molar-refractivity contribution in [3.63, 3.8) is 0 Å². The number of hydrogen-bond donors (Lipinski definition) is 0. The maximum atomic E-state index is 12.1. The Bertz CT molecular complexity index is 690. The number of esters is 1. The molecule has 1 saturated heterocycles. The van der Waals surface area contributed by atoms with Crippen molar-refractivity contribution in [3.05, 3.63) is 33.1 Å². The molecule has 0 N–H and O–H groups in total. The van der Waals surface area contributed by atoms with E-state index in [0.29, 0.717) is 27.1 Å². The summed E-state index contributed by atoms with van der Waals surface area (Å²) in [5.41, 5.74) is 0.678. The van der Waals surface area contributed by atoms with Gasteiger partial charge in [-0.05, 0) is 31.2 Å². The maximum absolute atomic E-state index is 12.1. The summed E-state index contributed by atoms with van der Waals surface area (Å²) in [5.74, 6) is -0.111. The molecule has 1 aliphatic heterocycles. The highest BCUT2D eigenvalue weighted by Crippen LogP contribution is 2.34. The Hall–Kier alpha value is -1.38. The standard InChI is InChI=1S/C15H14BrNO4S2/c1-3-20-13(18)8-21-11-5-4-10(16)6-9(11)7-12-14(19)17(2)15(22)23-12/h4-7H,3,8H2,1-2H3/b12-7-. The van der Waals surface area contributed by atoms with Crippen LogP contribution in [0.15, 0.2) is 27.6 Å². The summed E-state index contributed by atoms with van der Waals surface area (Å²) in [5, 5.41) is 0. The Morgan fingerprint density at radius 2 is 2.22 bits per heavy atom. The van der Waals surface area contributed by atoms with Gasteiger partial charge in [0.15, 0.2) is 6.61 Å². The minimum absolute atomic E-state index is 0.156. The summed E-state index contributed by atoms with van der Waals surface area (Å²) >= 11 is 9.73. The molecule has 2 rings (SSSR count). The molecule has 1 heterocycles. The second-order valence-electron chi connectivity index (χ2n) is 4.52. The highest BCUT2D eigenvalue weighted by Gasteiger charge is 2.29. The van der Waals surface area contributed by atoms with E-state index in [4.69, 9.17) is 21.7 Å². The minimum Gasteiger partial charge on any atom is -0.481 e. The molecular formula is C15H14BrNO4S2. The van der Waals surface area contributed by atoms with Gasteiger partial charge in [0.05, 0.1) is 11.5 Å². The zero-order chi connectivity index (χ0) is 17.0. The molecule has 5 nitrogen and oxygen atoms in total. The second kappa shape index (κ2) is 7.94. The van der Waals surface area contributed by atoms with E-state index in [2.05, 4.69) is 15.9 Å². The Balaban J connectivity index is 2.24. The first kappa shape index (κ1) is 18.0. The average molecular weight is 416 g/mol. The fourth-order valence-electron chi connectivity index (χ4n) is 1.79. The van der Waals surface area contributed by atoms with Crippen molar-refractivity contribution in [1.82, 2.24) is 4.90 Å². The number of nitrogens with zero attached hydrogens (tertiary/aromatic N) is 1. The summed E-state index contributed by atoms with van der Waals surface area (Å²) in [6.45, 7) is 1.84. The monoisotopic (exact) mass is 415 g/mol. The summed E-state index contributed by atoms with van der Waals surface area (Å²) in [6, 6.07) is 5.33. The first-order valence-corrected chi connectivity index (χ1v) is 8.73. The number of amides is 1. The van der Waals surface area contributed by atoms with Crippen LogP contribution in [0.2, 0.25) is 0 Å². The second-order valence-corrected chi connectivity index (χ2v) is 7.11. The lowest BCUT2D eigenvalue weighted by molar-refractivity contribution is -0.145. The molecule has 0 aromatic heterocycles. The van der Waals surface area contributed by atoms with Crippen molar-refractivity contribution in [3.8, 4) is 5.75 Å². The van der Waals surface area contributed by atoms with E-state index in [1.165, 1.54) is 16.7 Å². The predicted octanol–water partition coefficient (Wildman–Crippen LogP) is 3.22. The predicted molar refractivity (Wildman–Crippen MR) is 97.2 cm³/mol. The summed E-state index contributed by atoms with van der Waals surface area (Å²) < 4.78 is 11.7. The lowest BCUT2D eigenvalue weighted by Gasteiger charge is -2.10. The molecule has 1 aromatic carbocycles. The molecule has 0 bridgehead atoms. The van der Waals surface area contributed by atoms with Crippen LogP contribution < -0.4 is 4.74 Å². The third-order valence-electron chi connectivity index (χ3n) is 2.90. The number of halogens is 1. The van der Waals surface area contributed by atoms with Gasteiger partial charge in [-0.1, -0.05) is 39.9 Å². The van der Waals surface area contributed by atoms with Gasteiger partial charge in [-0.3, -0.25) is 9.69 Å². The van der Waals surface area contributed by atoms with Crippen LogP contribution in [0, 0.1) is 0 Å². The first-order chi connectivity index (χ1) is 10.9. The van der Waals surface area contributed by atoms with Crippen molar-refractivity contribution in [2.24, 2.45) is 0 Å². The third-order valence-corrected chi connectivity index (χ3v) is 4.87. The normalized spacial score (nSPS) is 16.1. The van der Waals surface area contributed by atoms with Crippen molar-refractivity contribution in [2.75, 3.05) is 20.3 Å². The van der Waals surface area contributed by atoms with Gasteiger partial charge in [0, 0.05) is 17.1 Å². The largest absolute Gasteiger partial charge is 0.481 e. The number of rotatable bonds is 5. The van der Waals surface area contributed by atoms with E-state index >= 15 is 0 Å². The molecule has 1 fully saturated rings. The van der Waals surface area contributed by atoms with Crippen LogP contribution in [0.3, 0.4) is 0 Å². The summed E-state index contributed by atoms with van der Waals surface area (Å²) in [4.78, 5) is 25.4. The van der Waals surface area contributed by atoms with E-state index in [9.17, 15) is 9.59 Å². The molecule has 1 aromatic rings. The van der Waals surface area contributed by atoms with Gasteiger partial charge in [-0.25, -0.2) is 4.79 Å². The number of thiocarbonyl (C=S) groups is 1. The van der Waals surface area contributed by atoms with Crippen molar-refractivity contribution >= 4 is 62.2 Å². The molecule has 8 heteroatoms.